The van der Waals surface area contributed by atoms with Crippen LogP contribution < -0.4 is 14.8 Å². The lowest BCUT2D eigenvalue weighted by Crippen LogP contribution is -2.41. The van der Waals surface area contributed by atoms with Crippen molar-refractivity contribution in [3.05, 3.63) is 59.4 Å². The van der Waals surface area contributed by atoms with Gasteiger partial charge in [0.05, 0.1) is 13.0 Å². The Morgan fingerprint density at radius 2 is 2.00 bits per heavy atom. The van der Waals surface area contributed by atoms with Gasteiger partial charge >= 0.3 is 5.97 Å². The Morgan fingerprint density at radius 3 is 2.65 bits per heavy atom. The molecule has 0 aromatic heterocycles. The Labute approximate surface area is 149 Å². The summed E-state index contributed by atoms with van der Waals surface area (Å²) in [6.45, 7) is 0.141. The number of rotatable bonds is 5. The Bertz CT molecular complexity index is 821. The summed E-state index contributed by atoms with van der Waals surface area (Å²) in [6.07, 6.45) is 0.431. The van der Waals surface area contributed by atoms with Crippen molar-refractivity contribution in [3.63, 3.8) is 0 Å². The molecule has 136 valence electrons. The van der Waals surface area contributed by atoms with E-state index in [0.717, 1.165) is 17.7 Å². The smallest absolute Gasteiger partial charge is 0.330 e. The topological polar surface area (TPSA) is 84.9 Å². The van der Waals surface area contributed by atoms with Gasteiger partial charge in [0.1, 0.15) is 23.9 Å². The fraction of sp³-hybridized carbons (Fsp3) is 0.263. The number of benzene rings is 2. The lowest BCUT2D eigenvalue weighted by Gasteiger charge is -2.26. The van der Waals surface area contributed by atoms with E-state index in [4.69, 9.17) is 9.47 Å². The maximum atomic E-state index is 13.0. The number of methoxy groups -OCH3 is 1. The van der Waals surface area contributed by atoms with Crippen LogP contribution in [0.5, 0.6) is 11.5 Å². The standard InChI is InChI=1S/C19H18FNO5/c1-25-15-7-4-12-8-13(10-26-16(12)9-15)18(22)21-17(19(23)24)11-2-5-14(20)6-3-11/h2-7,9,13,17H,8,10H2,1H3,(H,21,22)(H,23,24). The Hall–Kier alpha value is -3.09. The van der Waals surface area contributed by atoms with E-state index < -0.39 is 29.7 Å². The first-order chi connectivity index (χ1) is 12.5. The van der Waals surface area contributed by atoms with Crippen LogP contribution in [0.1, 0.15) is 17.2 Å². The maximum absolute atomic E-state index is 13.0. The maximum Gasteiger partial charge on any atom is 0.330 e. The van der Waals surface area contributed by atoms with E-state index in [2.05, 4.69) is 5.32 Å². The van der Waals surface area contributed by atoms with Gasteiger partial charge in [-0.1, -0.05) is 18.2 Å². The van der Waals surface area contributed by atoms with Crippen molar-refractivity contribution in [2.75, 3.05) is 13.7 Å². The number of hydrogen-bond donors (Lipinski definition) is 2. The third kappa shape index (κ3) is 3.77. The molecule has 1 aliphatic heterocycles. The van der Waals surface area contributed by atoms with Gasteiger partial charge < -0.3 is 19.9 Å². The molecule has 2 N–H and O–H groups in total. The highest BCUT2D eigenvalue weighted by molar-refractivity contribution is 5.86. The Morgan fingerprint density at radius 1 is 1.27 bits per heavy atom. The van der Waals surface area contributed by atoms with E-state index in [0.29, 0.717) is 23.5 Å². The summed E-state index contributed by atoms with van der Waals surface area (Å²) in [5.41, 5.74) is 1.15. The van der Waals surface area contributed by atoms with Gasteiger partial charge in [0.15, 0.2) is 6.04 Å². The van der Waals surface area contributed by atoms with Crippen LogP contribution in [0.2, 0.25) is 0 Å². The van der Waals surface area contributed by atoms with Crippen molar-refractivity contribution >= 4 is 11.9 Å². The largest absolute Gasteiger partial charge is 0.497 e. The highest BCUT2D eigenvalue weighted by Crippen LogP contribution is 2.31. The molecule has 2 unspecified atom stereocenters. The average molecular weight is 359 g/mol. The molecule has 0 saturated heterocycles. The molecule has 1 amide bonds. The number of halogens is 1. The van der Waals surface area contributed by atoms with Crippen molar-refractivity contribution in [3.8, 4) is 11.5 Å². The second-order valence-electron chi connectivity index (χ2n) is 6.02. The van der Waals surface area contributed by atoms with Crippen molar-refractivity contribution < 1.29 is 28.6 Å². The van der Waals surface area contributed by atoms with E-state index in [9.17, 15) is 19.1 Å². The first-order valence-electron chi connectivity index (χ1n) is 8.06. The summed E-state index contributed by atoms with van der Waals surface area (Å²) in [5.74, 6) is -1.32. The lowest BCUT2D eigenvalue weighted by atomic mass is 9.95. The number of carboxylic acid groups (broad SMARTS) is 1. The molecule has 0 radical (unpaired) electrons. The molecule has 1 aliphatic rings. The number of ether oxygens (including phenoxy) is 2. The van der Waals surface area contributed by atoms with E-state index >= 15 is 0 Å². The van der Waals surface area contributed by atoms with Gasteiger partial charge in [0.2, 0.25) is 5.91 Å². The molecule has 0 bridgehead atoms. The molecule has 0 aliphatic carbocycles. The van der Waals surface area contributed by atoms with Gasteiger partial charge in [0.25, 0.3) is 0 Å². The van der Waals surface area contributed by atoms with Gasteiger partial charge in [-0.15, -0.1) is 0 Å². The number of nitrogens with one attached hydrogen (secondary N) is 1. The summed E-state index contributed by atoms with van der Waals surface area (Å²) in [4.78, 5) is 24.1. The van der Waals surface area contributed by atoms with Crippen molar-refractivity contribution in [1.29, 1.82) is 0 Å². The highest BCUT2D eigenvalue weighted by Gasteiger charge is 2.30. The van der Waals surface area contributed by atoms with Crippen molar-refractivity contribution in [1.82, 2.24) is 5.32 Å². The highest BCUT2D eigenvalue weighted by atomic mass is 19.1. The number of carboxylic acids is 1. The zero-order chi connectivity index (χ0) is 18.7. The molecule has 26 heavy (non-hydrogen) atoms. The molecule has 6 nitrogen and oxygen atoms in total. The molecular formula is C19H18FNO5. The molecule has 1 heterocycles. The normalized spacial score (nSPS) is 16.8. The van der Waals surface area contributed by atoms with Crippen LogP contribution in [-0.2, 0) is 16.0 Å². The Kier molecular flexibility index (Phi) is 5.06. The Balaban J connectivity index is 1.72. The predicted octanol–water partition coefficient (Wildman–Crippen LogP) is 2.33. The minimum atomic E-state index is -1.25. The molecule has 3 rings (SSSR count). The summed E-state index contributed by atoms with van der Waals surface area (Å²) in [7, 11) is 1.56. The monoisotopic (exact) mass is 359 g/mol. The molecule has 7 heteroatoms. The van der Waals surface area contributed by atoms with Gasteiger partial charge in [-0.2, -0.15) is 0 Å². The van der Waals surface area contributed by atoms with Crippen LogP contribution in [0.25, 0.3) is 0 Å². The van der Waals surface area contributed by atoms with E-state index in [1.165, 1.54) is 12.1 Å². The summed E-state index contributed by atoms with van der Waals surface area (Å²) < 4.78 is 23.8. The second kappa shape index (κ2) is 7.43. The van der Waals surface area contributed by atoms with Gasteiger partial charge in [-0.3, -0.25) is 4.79 Å². The first kappa shape index (κ1) is 17.7. The fourth-order valence-corrected chi connectivity index (χ4v) is 2.85. The minimum absolute atomic E-state index is 0.141. The number of aliphatic carboxylic acids is 1. The number of hydrogen-bond acceptors (Lipinski definition) is 4. The van der Waals surface area contributed by atoms with Crippen molar-refractivity contribution in [2.45, 2.75) is 12.5 Å². The molecule has 2 atom stereocenters. The zero-order valence-corrected chi connectivity index (χ0v) is 14.1. The average Bonchev–Trinajstić information content (AvgIpc) is 2.65. The van der Waals surface area contributed by atoms with Crippen LogP contribution in [0.4, 0.5) is 4.39 Å². The second-order valence-corrected chi connectivity index (χ2v) is 6.02. The van der Waals surface area contributed by atoms with Gasteiger partial charge in [-0.25, -0.2) is 9.18 Å². The SMILES string of the molecule is COc1ccc2c(c1)OCC(C(=O)NC(C(=O)O)c1ccc(F)cc1)C2. The van der Waals surface area contributed by atoms with Crippen LogP contribution >= 0.6 is 0 Å². The molecule has 2 aromatic carbocycles. The number of carbonyl (C=O) groups excluding carboxylic acids is 1. The summed E-state index contributed by atoms with van der Waals surface area (Å²) in [5, 5.41) is 11.9. The number of amides is 1. The fourth-order valence-electron chi connectivity index (χ4n) is 2.85. The van der Waals surface area contributed by atoms with Crippen LogP contribution in [0, 0.1) is 11.7 Å². The summed E-state index contributed by atoms with van der Waals surface area (Å²) in [6, 6.07) is 9.10. The molecule has 0 saturated carbocycles. The van der Waals surface area contributed by atoms with Crippen LogP contribution in [0.15, 0.2) is 42.5 Å². The third-order valence-electron chi connectivity index (χ3n) is 4.29. The molecular weight excluding hydrogens is 341 g/mol. The quantitative estimate of drug-likeness (QED) is 0.856. The minimum Gasteiger partial charge on any atom is -0.497 e. The van der Waals surface area contributed by atoms with Crippen LogP contribution in [-0.4, -0.2) is 30.7 Å². The molecule has 2 aromatic rings. The lowest BCUT2D eigenvalue weighted by molar-refractivity contribution is -0.143. The number of fused-ring (bicyclic) bond motifs is 1. The van der Waals surface area contributed by atoms with E-state index in [1.807, 2.05) is 6.07 Å². The number of carbonyl (C=O) groups is 2. The van der Waals surface area contributed by atoms with Gasteiger partial charge in [0, 0.05) is 6.07 Å². The summed E-state index contributed by atoms with van der Waals surface area (Å²) >= 11 is 0. The van der Waals surface area contributed by atoms with Crippen LogP contribution in [0.3, 0.4) is 0 Å². The first-order valence-corrected chi connectivity index (χ1v) is 8.06. The van der Waals surface area contributed by atoms with E-state index in [1.54, 1.807) is 19.2 Å². The zero-order valence-electron chi connectivity index (χ0n) is 14.1. The predicted molar refractivity (Wildman–Crippen MR) is 90.6 cm³/mol. The molecule has 0 spiro atoms. The third-order valence-corrected chi connectivity index (χ3v) is 4.29. The van der Waals surface area contributed by atoms with E-state index in [-0.39, 0.29) is 6.61 Å². The molecule has 0 fully saturated rings. The van der Waals surface area contributed by atoms with Crippen molar-refractivity contribution in [2.24, 2.45) is 5.92 Å². The van der Waals surface area contributed by atoms with Gasteiger partial charge in [-0.05, 0) is 35.7 Å².